The number of hydrogen-bond donors (Lipinski definition) is 0. The fourth-order valence-electron chi connectivity index (χ4n) is 0.955. The number of nitro benzene ring substituents is 1. The second-order valence-electron chi connectivity index (χ2n) is 3.67. The van der Waals surface area contributed by atoms with Crippen LogP contribution in [0, 0.1) is 10.1 Å². The highest BCUT2D eigenvalue weighted by Gasteiger charge is 2.13. The van der Waals surface area contributed by atoms with Gasteiger partial charge in [0, 0.05) is 12.1 Å². The molecule has 0 aromatic heterocycles. The average Bonchev–Trinajstić information content (AvgIpc) is 2.27. The van der Waals surface area contributed by atoms with Crippen LogP contribution < -0.4 is 0 Å². The Morgan fingerprint density at radius 2 is 1.94 bits per heavy atom. The van der Waals surface area contributed by atoms with Gasteiger partial charge in [0.25, 0.3) is 5.69 Å². The Hall–Kier alpha value is -1.98. The van der Waals surface area contributed by atoms with Crippen LogP contribution in [0.25, 0.3) is 0 Å². The van der Waals surface area contributed by atoms with E-state index in [2.05, 4.69) is 32.6 Å². The molecule has 17 heavy (non-hydrogen) atoms. The molecular weight excluding hydrogens is 240 g/mol. The summed E-state index contributed by atoms with van der Waals surface area (Å²) in [5.74, 6) is 0. The van der Waals surface area contributed by atoms with Gasteiger partial charge in [0.15, 0.2) is 5.66 Å². The molecular formula is C10H10N4O2S. The molecule has 7 heteroatoms. The van der Waals surface area contributed by atoms with E-state index in [1.807, 2.05) is 0 Å². The molecule has 0 radical (unpaired) electrons. The third-order valence-corrected chi connectivity index (χ3v) is 1.88. The standard InChI is InChI=1S/C10H10N4O2S/c1-10(2,11-7-17)13-12-8-3-5-9(6-4-8)14(15)16/h3-6H,1-2H3. The van der Waals surface area contributed by atoms with E-state index in [4.69, 9.17) is 0 Å². The number of nitro groups is 1. The first-order valence-electron chi connectivity index (χ1n) is 4.71. The molecule has 0 spiro atoms. The van der Waals surface area contributed by atoms with Gasteiger partial charge in [-0.05, 0) is 38.2 Å². The van der Waals surface area contributed by atoms with Crippen LogP contribution in [-0.4, -0.2) is 15.7 Å². The molecule has 0 saturated heterocycles. The minimum Gasteiger partial charge on any atom is -0.258 e. The second kappa shape index (κ2) is 5.38. The molecule has 1 aromatic carbocycles. The van der Waals surface area contributed by atoms with Crippen LogP contribution in [0.4, 0.5) is 11.4 Å². The third kappa shape index (κ3) is 4.18. The summed E-state index contributed by atoms with van der Waals surface area (Å²) in [5.41, 5.74) is -0.243. The Kier molecular flexibility index (Phi) is 4.14. The van der Waals surface area contributed by atoms with Crippen LogP contribution in [0.2, 0.25) is 0 Å². The molecule has 0 N–H and O–H groups in total. The summed E-state index contributed by atoms with van der Waals surface area (Å²) >= 11 is 4.48. The van der Waals surface area contributed by atoms with E-state index >= 15 is 0 Å². The van der Waals surface area contributed by atoms with Crippen LogP contribution in [0.5, 0.6) is 0 Å². The molecule has 0 aliphatic rings. The van der Waals surface area contributed by atoms with Crippen molar-refractivity contribution in [2.24, 2.45) is 15.2 Å². The highest BCUT2D eigenvalue weighted by atomic mass is 32.1. The molecule has 1 rings (SSSR count). The van der Waals surface area contributed by atoms with E-state index < -0.39 is 10.6 Å². The second-order valence-corrected chi connectivity index (χ2v) is 3.85. The predicted molar refractivity (Wildman–Crippen MR) is 66.7 cm³/mol. The zero-order chi connectivity index (χ0) is 12.9. The Labute approximate surface area is 103 Å². The molecule has 0 aliphatic heterocycles. The SMILES string of the molecule is CC(C)(N=C=S)N=Nc1ccc([N+](=O)[O-])cc1. The number of benzene rings is 1. The Morgan fingerprint density at radius 1 is 1.35 bits per heavy atom. The molecule has 6 nitrogen and oxygen atoms in total. The molecule has 0 saturated carbocycles. The van der Waals surface area contributed by atoms with Gasteiger partial charge >= 0.3 is 0 Å². The maximum absolute atomic E-state index is 10.4. The van der Waals surface area contributed by atoms with E-state index in [9.17, 15) is 10.1 Å². The van der Waals surface area contributed by atoms with Gasteiger partial charge in [0.2, 0.25) is 0 Å². The third-order valence-electron chi connectivity index (χ3n) is 1.79. The van der Waals surface area contributed by atoms with Gasteiger partial charge in [0.05, 0.1) is 15.8 Å². The first-order valence-corrected chi connectivity index (χ1v) is 5.12. The van der Waals surface area contributed by atoms with E-state index in [0.717, 1.165) is 0 Å². The normalized spacial score (nSPS) is 11.2. The number of azo groups is 1. The van der Waals surface area contributed by atoms with Crippen molar-refractivity contribution in [1.82, 2.24) is 0 Å². The van der Waals surface area contributed by atoms with Crippen LogP contribution in [0.3, 0.4) is 0 Å². The van der Waals surface area contributed by atoms with E-state index in [-0.39, 0.29) is 5.69 Å². The van der Waals surface area contributed by atoms with Gasteiger partial charge in [-0.25, -0.2) is 4.99 Å². The summed E-state index contributed by atoms with van der Waals surface area (Å²) < 4.78 is 0. The van der Waals surface area contributed by atoms with Gasteiger partial charge in [0.1, 0.15) is 0 Å². The average molecular weight is 250 g/mol. The lowest BCUT2D eigenvalue weighted by atomic mass is 10.3. The van der Waals surface area contributed by atoms with Gasteiger partial charge in [-0.2, -0.15) is 10.2 Å². The number of non-ortho nitro benzene ring substituents is 1. The van der Waals surface area contributed by atoms with Gasteiger partial charge < -0.3 is 0 Å². The molecule has 0 fully saturated rings. The summed E-state index contributed by atoms with van der Waals surface area (Å²) in [6.45, 7) is 3.45. The van der Waals surface area contributed by atoms with Crippen molar-refractivity contribution in [2.45, 2.75) is 19.5 Å². The molecule has 0 amide bonds. The van der Waals surface area contributed by atoms with Crippen molar-refractivity contribution in [3.8, 4) is 0 Å². The van der Waals surface area contributed by atoms with Gasteiger partial charge in [-0.15, -0.1) is 0 Å². The summed E-state index contributed by atoms with van der Waals surface area (Å²) in [7, 11) is 0. The van der Waals surface area contributed by atoms with Crippen molar-refractivity contribution < 1.29 is 4.92 Å². The molecule has 0 heterocycles. The Bertz CT molecular complexity index is 490. The lowest BCUT2D eigenvalue weighted by Crippen LogP contribution is -2.10. The number of hydrogen-bond acceptors (Lipinski definition) is 6. The highest BCUT2D eigenvalue weighted by Crippen LogP contribution is 2.20. The zero-order valence-electron chi connectivity index (χ0n) is 9.32. The molecule has 1 aromatic rings. The van der Waals surface area contributed by atoms with Crippen LogP contribution >= 0.6 is 12.2 Å². The topological polar surface area (TPSA) is 80.2 Å². The minimum atomic E-state index is -0.774. The summed E-state index contributed by atoms with van der Waals surface area (Å²) in [5, 5.41) is 20.5. The number of rotatable bonds is 4. The predicted octanol–water partition coefficient (Wildman–Crippen LogP) is 3.52. The molecule has 0 bridgehead atoms. The summed E-state index contributed by atoms with van der Waals surface area (Å²) in [4.78, 5) is 13.8. The quantitative estimate of drug-likeness (QED) is 0.269. The van der Waals surface area contributed by atoms with E-state index in [1.165, 1.54) is 24.3 Å². The molecule has 0 aliphatic carbocycles. The minimum absolute atomic E-state index is 0.0140. The number of nitrogens with zero attached hydrogens (tertiary/aromatic N) is 4. The summed E-state index contributed by atoms with van der Waals surface area (Å²) in [6, 6.07) is 5.76. The van der Waals surface area contributed by atoms with Crippen LogP contribution in [-0.2, 0) is 0 Å². The molecule has 0 unspecified atom stereocenters. The molecule has 88 valence electrons. The fourth-order valence-corrected chi connectivity index (χ4v) is 1.18. The Balaban J connectivity index is 2.86. The van der Waals surface area contributed by atoms with Crippen molar-refractivity contribution in [1.29, 1.82) is 0 Å². The van der Waals surface area contributed by atoms with E-state index in [1.54, 1.807) is 13.8 Å². The monoisotopic (exact) mass is 250 g/mol. The number of isothiocyanates is 1. The van der Waals surface area contributed by atoms with Crippen LogP contribution in [0.15, 0.2) is 39.5 Å². The maximum atomic E-state index is 10.4. The number of thiocarbonyl (C=S) groups is 1. The smallest absolute Gasteiger partial charge is 0.258 e. The lowest BCUT2D eigenvalue weighted by molar-refractivity contribution is -0.384. The largest absolute Gasteiger partial charge is 0.269 e. The van der Waals surface area contributed by atoms with Crippen molar-refractivity contribution in [2.75, 3.05) is 0 Å². The van der Waals surface area contributed by atoms with Crippen LogP contribution in [0.1, 0.15) is 13.8 Å². The first-order chi connectivity index (χ1) is 7.94. The van der Waals surface area contributed by atoms with Crippen molar-refractivity contribution in [3.63, 3.8) is 0 Å². The number of aliphatic imine (C=N–C) groups is 1. The van der Waals surface area contributed by atoms with Gasteiger partial charge in [-0.3, -0.25) is 10.1 Å². The van der Waals surface area contributed by atoms with E-state index in [0.29, 0.717) is 5.69 Å². The Morgan fingerprint density at radius 3 is 2.41 bits per heavy atom. The van der Waals surface area contributed by atoms with Crippen molar-refractivity contribution in [3.05, 3.63) is 34.4 Å². The highest BCUT2D eigenvalue weighted by molar-refractivity contribution is 7.78. The first kappa shape index (κ1) is 13.1. The maximum Gasteiger partial charge on any atom is 0.269 e. The lowest BCUT2D eigenvalue weighted by Gasteiger charge is -2.08. The van der Waals surface area contributed by atoms with Gasteiger partial charge in [-0.1, -0.05) is 0 Å². The molecule has 0 atom stereocenters. The van der Waals surface area contributed by atoms with Crippen molar-refractivity contribution >= 4 is 28.8 Å². The summed E-state index contributed by atoms with van der Waals surface area (Å²) in [6.07, 6.45) is 0. The fraction of sp³-hybridized carbons (Fsp3) is 0.300. The zero-order valence-corrected chi connectivity index (χ0v) is 10.1.